The van der Waals surface area contributed by atoms with Gasteiger partial charge in [0.15, 0.2) is 0 Å². The van der Waals surface area contributed by atoms with Gasteiger partial charge in [-0.05, 0) is 87.3 Å². The Bertz CT molecular complexity index is 3450. The van der Waals surface area contributed by atoms with Gasteiger partial charge in [0.2, 0.25) is 0 Å². The number of hydrogen-bond acceptors (Lipinski definition) is 1. The highest BCUT2D eigenvalue weighted by atomic mass is 32.1. The molecule has 0 amide bonds. The van der Waals surface area contributed by atoms with Gasteiger partial charge in [-0.1, -0.05) is 127 Å². The fourth-order valence-corrected chi connectivity index (χ4v) is 10.3. The summed E-state index contributed by atoms with van der Waals surface area (Å²) < 4.78 is 7.58. The normalized spacial score (nSPS) is 12.2. The summed E-state index contributed by atoms with van der Waals surface area (Å²) in [7, 11) is 0. The van der Waals surface area contributed by atoms with Crippen molar-refractivity contribution in [3.05, 3.63) is 182 Å². The Hall–Kier alpha value is -6.68. The third-order valence-electron chi connectivity index (χ3n) is 11.3. The van der Waals surface area contributed by atoms with E-state index in [4.69, 9.17) is 0 Å². The van der Waals surface area contributed by atoms with Crippen LogP contribution in [0.4, 0.5) is 0 Å². The van der Waals surface area contributed by atoms with Crippen molar-refractivity contribution in [1.82, 2.24) is 9.13 Å². The van der Waals surface area contributed by atoms with Crippen molar-refractivity contribution in [2.75, 3.05) is 0 Å². The molecule has 0 N–H and O–H groups in total. The fourth-order valence-electron chi connectivity index (χ4n) is 9.08. The molecular formula is C50H30N2S. The zero-order chi connectivity index (χ0) is 34.6. The molecule has 0 aliphatic heterocycles. The Morgan fingerprint density at radius 2 is 0.925 bits per heavy atom. The number of thiophene rings is 1. The zero-order valence-corrected chi connectivity index (χ0v) is 29.4. The maximum Gasteiger partial charge on any atom is 0.0548 e. The van der Waals surface area contributed by atoms with Crippen molar-refractivity contribution in [2.45, 2.75) is 0 Å². The number of hydrogen-bond donors (Lipinski definition) is 0. The summed E-state index contributed by atoms with van der Waals surface area (Å²) in [5, 5.41) is 12.9. The van der Waals surface area contributed by atoms with Gasteiger partial charge in [0.05, 0.1) is 22.1 Å². The van der Waals surface area contributed by atoms with Crippen LogP contribution in [0.2, 0.25) is 0 Å². The summed E-state index contributed by atoms with van der Waals surface area (Å²) in [6.07, 6.45) is 0. The number of fused-ring (bicyclic) bond motifs is 13. The summed E-state index contributed by atoms with van der Waals surface area (Å²) >= 11 is 1.91. The first kappa shape index (κ1) is 29.0. The van der Waals surface area contributed by atoms with E-state index in [1.807, 2.05) is 11.3 Å². The van der Waals surface area contributed by atoms with Gasteiger partial charge >= 0.3 is 0 Å². The summed E-state index contributed by atoms with van der Waals surface area (Å²) in [5.74, 6) is 0. The van der Waals surface area contributed by atoms with Crippen molar-refractivity contribution in [3.8, 4) is 22.5 Å². The van der Waals surface area contributed by atoms with Crippen LogP contribution in [-0.2, 0) is 0 Å². The second-order valence-corrected chi connectivity index (χ2v) is 15.1. The highest BCUT2D eigenvalue weighted by Crippen LogP contribution is 2.46. The van der Waals surface area contributed by atoms with E-state index in [9.17, 15) is 0 Å². The molecular weight excluding hydrogens is 661 g/mol. The van der Waals surface area contributed by atoms with Crippen LogP contribution in [0.3, 0.4) is 0 Å². The fraction of sp³-hybridized carbons (Fsp3) is 0. The van der Waals surface area contributed by atoms with Crippen molar-refractivity contribution < 1.29 is 0 Å². The first-order valence-corrected chi connectivity index (χ1v) is 19.0. The van der Waals surface area contributed by atoms with Gasteiger partial charge in [0.1, 0.15) is 0 Å². The van der Waals surface area contributed by atoms with Crippen LogP contribution < -0.4 is 0 Å². The highest BCUT2D eigenvalue weighted by Gasteiger charge is 2.22. The van der Waals surface area contributed by atoms with Crippen LogP contribution >= 0.6 is 11.3 Å². The second-order valence-electron chi connectivity index (χ2n) is 14.1. The summed E-state index contributed by atoms with van der Waals surface area (Å²) in [6, 6.07) is 67.1. The Labute approximate surface area is 309 Å². The average molecular weight is 691 g/mol. The maximum atomic E-state index is 2.49. The van der Waals surface area contributed by atoms with Crippen LogP contribution in [0.5, 0.6) is 0 Å². The number of nitrogens with zero attached hydrogens (tertiary/aromatic N) is 2. The molecule has 0 aliphatic carbocycles. The molecule has 0 saturated carbocycles. The Balaban J connectivity index is 1.19. The van der Waals surface area contributed by atoms with E-state index in [-0.39, 0.29) is 0 Å². The molecule has 9 aromatic carbocycles. The Morgan fingerprint density at radius 3 is 1.66 bits per heavy atom. The molecule has 3 heterocycles. The van der Waals surface area contributed by atoms with Gasteiger partial charge in [-0.15, -0.1) is 11.3 Å². The molecule has 0 radical (unpaired) electrons. The van der Waals surface area contributed by atoms with E-state index in [1.165, 1.54) is 102 Å². The maximum absolute atomic E-state index is 2.49. The lowest BCUT2D eigenvalue weighted by molar-refractivity contribution is 1.17. The lowest BCUT2D eigenvalue weighted by atomic mass is 9.93. The third kappa shape index (κ3) is 4.03. The molecule has 12 rings (SSSR count). The molecule has 0 unspecified atom stereocenters. The van der Waals surface area contributed by atoms with E-state index >= 15 is 0 Å². The summed E-state index contributed by atoms with van der Waals surface area (Å²) in [4.78, 5) is 0. The van der Waals surface area contributed by atoms with Gasteiger partial charge in [0.25, 0.3) is 0 Å². The van der Waals surface area contributed by atoms with E-state index < -0.39 is 0 Å². The van der Waals surface area contributed by atoms with Gasteiger partial charge in [-0.2, -0.15) is 0 Å². The molecule has 0 atom stereocenters. The molecule has 3 heteroatoms. The highest BCUT2D eigenvalue weighted by molar-refractivity contribution is 7.26. The smallest absolute Gasteiger partial charge is 0.0548 e. The van der Waals surface area contributed by atoms with Crippen molar-refractivity contribution in [2.24, 2.45) is 0 Å². The quantitative estimate of drug-likeness (QED) is 0.175. The van der Waals surface area contributed by atoms with Crippen LogP contribution in [-0.4, -0.2) is 9.13 Å². The minimum absolute atomic E-state index is 1.16. The van der Waals surface area contributed by atoms with Crippen LogP contribution in [0.25, 0.3) is 108 Å². The van der Waals surface area contributed by atoms with Crippen molar-refractivity contribution in [3.63, 3.8) is 0 Å². The molecule has 2 nitrogen and oxygen atoms in total. The monoisotopic (exact) mass is 690 g/mol. The summed E-state index contributed by atoms with van der Waals surface area (Å²) in [5.41, 5.74) is 9.72. The third-order valence-corrected chi connectivity index (χ3v) is 12.5. The number of rotatable bonds is 3. The van der Waals surface area contributed by atoms with Gasteiger partial charge in [0, 0.05) is 53.1 Å². The van der Waals surface area contributed by atoms with Gasteiger partial charge in [-0.25, -0.2) is 0 Å². The largest absolute Gasteiger partial charge is 0.309 e. The molecule has 246 valence electrons. The molecule has 12 aromatic rings. The van der Waals surface area contributed by atoms with E-state index in [0.717, 1.165) is 5.69 Å². The minimum atomic E-state index is 1.16. The average Bonchev–Trinajstić information content (AvgIpc) is 3.89. The van der Waals surface area contributed by atoms with Gasteiger partial charge < -0.3 is 9.13 Å². The van der Waals surface area contributed by atoms with Gasteiger partial charge in [-0.3, -0.25) is 0 Å². The molecule has 0 spiro atoms. The lowest BCUT2D eigenvalue weighted by Crippen LogP contribution is -1.96. The second kappa shape index (κ2) is 10.9. The topological polar surface area (TPSA) is 9.86 Å². The van der Waals surface area contributed by atoms with E-state index in [1.54, 1.807) is 0 Å². The van der Waals surface area contributed by atoms with Crippen molar-refractivity contribution in [1.29, 1.82) is 0 Å². The zero-order valence-electron chi connectivity index (χ0n) is 28.6. The first-order chi connectivity index (χ1) is 26.3. The van der Waals surface area contributed by atoms with Crippen LogP contribution in [0.15, 0.2) is 182 Å². The first-order valence-electron chi connectivity index (χ1n) is 18.2. The predicted molar refractivity (Wildman–Crippen MR) is 228 cm³/mol. The SMILES string of the molecule is c1ccc(-n2c3ccccc3c3c4c5ccccc5n(-c5cc(-c6cccc7sc8c9ccccc9ccc8c67)c6ccccc6c5)c4ccc32)cc1. The molecule has 0 aliphatic rings. The number of para-hydroxylation sites is 3. The molecule has 0 bridgehead atoms. The molecule has 0 fully saturated rings. The summed E-state index contributed by atoms with van der Waals surface area (Å²) in [6.45, 7) is 0. The molecule has 0 saturated heterocycles. The lowest BCUT2D eigenvalue weighted by Gasteiger charge is -2.15. The standard InChI is InChI=1S/C50H30N2S/c1-2-15-33(16-3-1)51-42-22-10-8-19-38(42)48-44(51)27-28-45-49(48)39-20-9-11-23-43(39)52(45)34-29-32-14-5-6-17-35(32)41(30-34)37-21-12-24-46-47(37)40-26-25-31-13-4-7-18-36(31)50(40)53-46/h1-30H. The van der Waals surface area contributed by atoms with Crippen LogP contribution in [0, 0.1) is 0 Å². The Kier molecular flexibility index (Phi) is 5.96. The minimum Gasteiger partial charge on any atom is -0.309 e. The predicted octanol–water partition coefficient (Wildman–Crippen LogP) is 14.2. The van der Waals surface area contributed by atoms with Crippen molar-refractivity contribution >= 4 is 96.7 Å². The number of benzene rings is 9. The number of aromatic nitrogens is 2. The van der Waals surface area contributed by atoms with E-state index in [0.29, 0.717) is 0 Å². The van der Waals surface area contributed by atoms with Crippen LogP contribution in [0.1, 0.15) is 0 Å². The molecule has 53 heavy (non-hydrogen) atoms. The Morgan fingerprint density at radius 1 is 0.321 bits per heavy atom. The van der Waals surface area contributed by atoms with E-state index in [2.05, 4.69) is 191 Å². The molecule has 3 aromatic heterocycles.